The molecule has 17 heavy (non-hydrogen) atoms. The lowest BCUT2D eigenvalue weighted by Gasteiger charge is -2.12. The van der Waals surface area contributed by atoms with Crippen LogP contribution >= 0.6 is 23.2 Å². The van der Waals surface area contributed by atoms with E-state index in [1.54, 1.807) is 0 Å². The van der Waals surface area contributed by atoms with Crippen LogP contribution in [0.2, 0.25) is 0 Å². The average Bonchev–Trinajstić information content (AvgIpc) is 2.57. The van der Waals surface area contributed by atoms with Crippen LogP contribution in [0.3, 0.4) is 0 Å². The van der Waals surface area contributed by atoms with Crippen molar-refractivity contribution in [2.24, 2.45) is 0 Å². The monoisotopic (exact) mass is 270 g/mol. The number of halogens is 2. The van der Waals surface area contributed by atoms with Gasteiger partial charge in [-0.15, -0.1) is 0 Å². The van der Waals surface area contributed by atoms with Crippen LogP contribution in [0, 0.1) is 0 Å². The van der Waals surface area contributed by atoms with Crippen LogP contribution < -0.4 is 0 Å². The van der Waals surface area contributed by atoms with Crippen molar-refractivity contribution in [1.82, 2.24) is 0 Å². The summed E-state index contributed by atoms with van der Waals surface area (Å²) < 4.78 is 5.10. The summed E-state index contributed by atoms with van der Waals surface area (Å²) in [5, 5.41) is 0.235. The molecule has 0 fully saturated rings. The van der Waals surface area contributed by atoms with E-state index in [9.17, 15) is 4.79 Å². The van der Waals surface area contributed by atoms with Crippen LogP contribution in [0.5, 0.6) is 0 Å². The van der Waals surface area contributed by atoms with Crippen molar-refractivity contribution in [3.05, 3.63) is 45.5 Å². The lowest BCUT2D eigenvalue weighted by Crippen LogP contribution is -2.02. The third-order valence-corrected chi connectivity index (χ3v) is 3.59. The van der Waals surface area contributed by atoms with Gasteiger partial charge in [0.2, 0.25) is 0 Å². The Kier molecular flexibility index (Phi) is 3.45. The van der Waals surface area contributed by atoms with Crippen molar-refractivity contribution in [3.8, 4) is 0 Å². The topological polar surface area (TPSA) is 26.3 Å². The molecular weight excluding hydrogens is 259 g/mol. The fourth-order valence-corrected chi connectivity index (χ4v) is 2.08. The molecule has 2 rings (SSSR count). The zero-order valence-electron chi connectivity index (χ0n) is 9.54. The quantitative estimate of drug-likeness (QED) is 0.757. The van der Waals surface area contributed by atoms with E-state index in [0.717, 1.165) is 5.56 Å². The third-order valence-electron chi connectivity index (χ3n) is 2.75. The van der Waals surface area contributed by atoms with E-state index in [1.807, 2.05) is 24.3 Å². The van der Waals surface area contributed by atoms with Gasteiger partial charge in [-0.3, -0.25) is 0 Å². The molecule has 1 heterocycles. The molecule has 0 aliphatic carbocycles. The Hall–Kier alpha value is -0.990. The first-order valence-corrected chi connectivity index (χ1v) is 6.12. The van der Waals surface area contributed by atoms with Gasteiger partial charge in [-0.2, -0.15) is 0 Å². The zero-order chi connectivity index (χ0) is 12.6. The molecule has 0 bridgehead atoms. The summed E-state index contributed by atoms with van der Waals surface area (Å²) in [6.45, 7) is 4.24. The number of benzene rings is 1. The molecule has 0 N–H and O–H groups in total. The van der Waals surface area contributed by atoms with Crippen molar-refractivity contribution >= 4 is 29.2 Å². The molecule has 1 aromatic carbocycles. The van der Waals surface area contributed by atoms with Crippen LogP contribution in [0.1, 0.15) is 37.0 Å². The molecule has 1 aliphatic heterocycles. The van der Waals surface area contributed by atoms with Crippen molar-refractivity contribution in [2.75, 3.05) is 0 Å². The first kappa shape index (κ1) is 12.5. The Morgan fingerprint density at radius 3 is 2.18 bits per heavy atom. The molecule has 4 heteroatoms. The summed E-state index contributed by atoms with van der Waals surface area (Å²) in [4.78, 5) is 11.2. The molecule has 0 radical (unpaired) electrons. The van der Waals surface area contributed by atoms with Crippen LogP contribution in [-0.4, -0.2) is 5.97 Å². The fourth-order valence-electron chi connectivity index (χ4n) is 1.69. The highest BCUT2D eigenvalue weighted by Crippen LogP contribution is 2.39. The van der Waals surface area contributed by atoms with Crippen LogP contribution in [0.15, 0.2) is 34.3 Å². The molecule has 2 nitrogen and oxygen atoms in total. The van der Waals surface area contributed by atoms with Gasteiger partial charge in [-0.1, -0.05) is 61.3 Å². The minimum atomic E-state index is -0.561. The smallest absolute Gasteiger partial charge is 0.352 e. The molecule has 0 saturated carbocycles. The minimum absolute atomic E-state index is 0.0235. The van der Waals surface area contributed by atoms with Crippen LogP contribution in [-0.2, 0) is 9.53 Å². The van der Waals surface area contributed by atoms with E-state index < -0.39 is 12.1 Å². The van der Waals surface area contributed by atoms with Gasteiger partial charge in [0.25, 0.3) is 0 Å². The second kappa shape index (κ2) is 4.71. The van der Waals surface area contributed by atoms with E-state index in [-0.39, 0.29) is 10.1 Å². The SMILES string of the molecule is CC(C)c1ccc(C2OC(=O)C(Cl)=C2Cl)cc1. The highest BCUT2D eigenvalue weighted by atomic mass is 35.5. The van der Waals surface area contributed by atoms with E-state index in [4.69, 9.17) is 27.9 Å². The van der Waals surface area contributed by atoms with Crippen molar-refractivity contribution in [1.29, 1.82) is 0 Å². The number of ether oxygens (including phenoxy) is 1. The number of carbonyl (C=O) groups excluding carboxylic acids is 1. The van der Waals surface area contributed by atoms with Gasteiger partial charge in [0, 0.05) is 0 Å². The second-order valence-electron chi connectivity index (χ2n) is 4.27. The van der Waals surface area contributed by atoms with E-state index in [0.29, 0.717) is 5.92 Å². The summed E-state index contributed by atoms with van der Waals surface area (Å²) in [6, 6.07) is 7.82. The highest BCUT2D eigenvalue weighted by Gasteiger charge is 2.33. The molecule has 1 aliphatic rings. The fraction of sp³-hybridized carbons (Fsp3) is 0.308. The summed E-state index contributed by atoms with van der Waals surface area (Å²) in [7, 11) is 0. The van der Waals surface area contributed by atoms with Crippen molar-refractivity contribution < 1.29 is 9.53 Å². The Morgan fingerprint density at radius 2 is 1.76 bits per heavy atom. The summed E-state index contributed by atoms with van der Waals surface area (Å²) >= 11 is 11.7. The van der Waals surface area contributed by atoms with Gasteiger partial charge in [-0.05, 0) is 17.0 Å². The third kappa shape index (κ3) is 2.33. The number of carbonyl (C=O) groups is 1. The molecule has 0 amide bonds. The van der Waals surface area contributed by atoms with Crippen LogP contribution in [0.25, 0.3) is 0 Å². The molecule has 1 atom stereocenters. The summed E-state index contributed by atoms with van der Waals surface area (Å²) in [5.74, 6) is -0.0978. The number of esters is 1. The zero-order valence-corrected chi connectivity index (χ0v) is 11.0. The van der Waals surface area contributed by atoms with Crippen molar-refractivity contribution in [3.63, 3.8) is 0 Å². The second-order valence-corrected chi connectivity index (χ2v) is 5.05. The number of hydrogen-bond acceptors (Lipinski definition) is 2. The highest BCUT2D eigenvalue weighted by molar-refractivity contribution is 6.48. The Balaban J connectivity index is 2.28. The maximum Gasteiger partial charge on any atom is 0.352 e. The maximum absolute atomic E-state index is 11.2. The lowest BCUT2D eigenvalue weighted by atomic mass is 10.00. The molecule has 1 aromatic rings. The molecular formula is C13H12Cl2O2. The van der Waals surface area contributed by atoms with Crippen LogP contribution in [0.4, 0.5) is 0 Å². The average molecular weight is 271 g/mol. The predicted octanol–water partition coefficient (Wildman–Crippen LogP) is 4.10. The normalized spacial score (nSPS) is 20.1. The standard InChI is InChI=1S/C13H12Cl2O2/c1-7(2)8-3-5-9(6-4-8)12-10(14)11(15)13(16)17-12/h3-7,12H,1-2H3. The lowest BCUT2D eigenvalue weighted by molar-refractivity contribution is -0.139. The Morgan fingerprint density at radius 1 is 1.18 bits per heavy atom. The van der Waals surface area contributed by atoms with Gasteiger partial charge < -0.3 is 4.74 Å². The van der Waals surface area contributed by atoms with Gasteiger partial charge in [-0.25, -0.2) is 4.79 Å². The Labute approximate surface area is 110 Å². The minimum Gasteiger partial charge on any atom is -0.447 e. The Bertz CT molecular complexity index is 475. The number of rotatable bonds is 2. The van der Waals surface area contributed by atoms with E-state index in [2.05, 4.69) is 13.8 Å². The van der Waals surface area contributed by atoms with E-state index in [1.165, 1.54) is 5.56 Å². The first-order valence-electron chi connectivity index (χ1n) is 5.36. The van der Waals surface area contributed by atoms with Gasteiger partial charge >= 0.3 is 5.97 Å². The maximum atomic E-state index is 11.2. The van der Waals surface area contributed by atoms with E-state index >= 15 is 0 Å². The number of cyclic esters (lactones) is 1. The number of hydrogen-bond donors (Lipinski definition) is 0. The van der Waals surface area contributed by atoms with Gasteiger partial charge in [0.1, 0.15) is 5.03 Å². The molecule has 90 valence electrons. The summed E-state index contributed by atoms with van der Waals surface area (Å²) in [5.41, 5.74) is 2.06. The molecule has 0 spiro atoms. The molecule has 0 aromatic heterocycles. The predicted molar refractivity (Wildman–Crippen MR) is 68.1 cm³/mol. The van der Waals surface area contributed by atoms with Gasteiger partial charge in [0.15, 0.2) is 6.10 Å². The van der Waals surface area contributed by atoms with Crippen molar-refractivity contribution in [2.45, 2.75) is 25.9 Å². The first-order chi connectivity index (χ1) is 8.00. The molecule has 1 unspecified atom stereocenters. The molecule has 0 saturated heterocycles. The van der Waals surface area contributed by atoms with Gasteiger partial charge in [0.05, 0.1) is 5.03 Å². The largest absolute Gasteiger partial charge is 0.447 e. The summed E-state index contributed by atoms with van der Waals surface area (Å²) in [6.07, 6.45) is -0.558.